The zero-order chi connectivity index (χ0) is 13.8. The highest BCUT2D eigenvalue weighted by Gasteiger charge is 2.55. The summed E-state index contributed by atoms with van der Waals surface area (Å²) in [6.45, 7) is 6.02. The van der Waals surface area contributed by atoms with Crippen molar-refractivity contribution >= 4 is 17.5 Å². The van der Waals surface area contributed by atoms with Crippen molar-refractivity contribution in [1.29, 1.82) is 0 Å². The monoisotopic (exact) mass is 283 g/mol. The molecule has 0 aliphatic heterocycles. The molecule has 3 heteroatoms. The van der Waals surface area contributed by atoms with Gasteiger partial charge in [0.05, 0.1) is 10.9 Å². The lowest BCUT2D eigenvalue weighted by Gasteiger charge is -2.56. The molecule has 0 spiro atoms. The fraction of sp³-hybridized carbons (Fsp3) is 0.938. The molecule has 1 N–H and O–H groups in total. The van der Waals surface area contributed by atoms with Gasteiger partial charge in [0.25, 0.3) is 0 Å². The van der Waals surface area contributed by atoms with E-state index in [0.717, 1.165) is 37.0 Å². The summed E-state index contributed by atoms with van der Waals surface area (Å²) < 4.78 is 0. The first-order valence-corrected chi connectivity index (χ1v) is 8.21. The molecule has 2 nitrogen and oxygen atoms in total. The summed E-state index contributed by atoms with van der Waals surface area (Å²) in [6, 6.07) is 0. The standard InChI is InChI=1S/C16H26ClNO/c1-10(17)15(2,3)18-14(19)16-7-11-4-12(8-16)6-13(5-11)9-16/h10-13H,4-9H2,1-3H3,(H,18,19). The van der Waals surface area contributed by atoms with Gasteiger partial charge in [-0.05, 0) is 77.0 Å². The first-order chi connectivity index (χ1) is 8.81. The molecular formula is C16H26ClNO. The molecule has 0 aromatic rings. The zero-order valence-electron chi connectivity index (χ0n) is 12.3. The van der Waals surface area contributed by atoms with E-state index in [0.29, 0.717) is 0 Å². The number of halogens is 1. The van der Waals surface area contributed by atoms with E-state index in [4.69, 9.17) is 11.6 Å². The second kappa shape index (κ2) is 4.38. The van der Waals surface area contributed by atoms with Crippen LogP contribution in [0.15, 0.2) is 0 Å². The van der Waals surface area contributed by atoms with Crippen molar-refractivity contribution in [3.05, 3.63) is 0 Å². The van der Waals surface area contributed by atoms with E-state index in [1.165, 1.54) is 19.3 Å². The van der Waals surface area contributed by atoms with Crippen LogP contribution in [0.2, 0.25) is 0 Å². The molecule has 4 rings (SSSR count). The molecule has 0 aromatic heterocycles. The molecule has 4 fully saturated rings. The molecule has 4 saturated carbocycles. The molecule has 1 amide bonds. The number of rotatable bonds is 3. The smallest absolute Gasteiger partial charge is 0.226 e. The minimum absolute atomic E-state index is 0.0506. The minimum Gasteiger partial charge on any atom is -0.349 e. The Balaban J connectivity index is 1.76. The lowest BCUT2D eigenvalue weighted by atomic mass is 9.49. The highest BCUT2D eigenvalue weighted by molar-refractivity contribution is 6.21. The van der Waals surface area contributed by atoms with Crippen LogP contribution in [0.25, 0.3) is 0 Å². The van der Waals surface area contributed by atoms with Gasteiger partial charge >= 0.3 is 0 Å². The predicted octanol–water partition coefficient (Wildman–Crippen LogP) is 3.72. The Morgan fingerprint density at radius 3 is 1.95 bits per heavy atom. The van der Waals surface area contributed by atoms with Gasteiger partial charge in [0.2, 0.25) is 5.91 Å². The number of carbonyl (C=O) groups is 1. The van der Waals surface area contributed by atoms with Crippen molar-refractivity contribution in [1.82, 2.24) is 5.32 Å². The Morgan fingerprint density at radius 2 is 1.58 bits per heavy atom. The molecule has 19 heavy (non-hydrogen) atoms. The molecule has 1 atom stereocenters. The van der Waals surface area contributed by atoms with Crippen LogP contribution in [0, 0.1) is 23.2 Å². The van der Waals surface area contributed by atoms with Crippen molar-refractivity contribution in [2.24, 2.45) is 23.2 Å². The summed E-state index contributed by atoms with van der Waals surface area (Å²) in [5.74, 6) is 2.72. The van der Waals surface area contributed by atoms with Crippen molar-refractivity contribution in [3.63, 3.8) is 0 Å². The van der Waals surface area contributed by atoms with E-state index in [9.17, 15) is 4.79 Å². The van der Waals surface area contributed by atoms with Gasteiger partial charge in [0.1, 0.15) is 0 Å². The average Bonchev–Trinajstić information content (AvgIpc) is 2.26. The average molecular weight is 284 g/mol. The van der Waals surface area contributed by atoms with Gasteiger partial charge in [-0.25, -0.2) is 0 Å². The normalized spacial score (nSPS) is 42.2. The van der Waals surface area contributed by atoms with E-state index in [1.807, 2.05) is 20.8 Å². The van der Waals surface area contributed by atoms with Crippen molar-refractivity contribution < 1.29 is 4.79 Å². The van der Waals surface area contributed by atoms with Gasteiger partial charge in [-0.1, -0.05) is 0 Å². The quantitative estimate of drug-likeness (QED) is 0.786. The van der Waals surface area contributed by atoms with Gasteiger partial charge in [-0.3, -0.25) is 4.79 Å². The Labute approximate surface area is 121 Å². The van der Waals surface area contributed by atoms with Crippen LogP contribution in [0.5, 0.6) is 0 Å². The lowest BCUT2D eigenvalue weighted by molar-refractivity contribution is -0.148. The maximum absolute atomic E-state index is 12.8. The van der Waals surface area contributed by atoms with E-state index in [-0.39, 0.29) is 22.2 Å². The van der Waals surface area contributed by atoms with Crippen molar-refractivity contribution in [2.45, 2.75) is 70.2 Å². The van der Waals surface area contributed by atoms with Gasteiger partial charge in [0.15, 0.2) is 0 Å². The van der Waals surface area contributed by atoms with Gasteiger partial charge in [-0.15, -0.1) is 11.6 Å². The molecule has 0 radical (unpaired) electrons. The summed E-state index contributed by atoms with van der Waals surface area (Å²) in [5.41, 5.74) is -0.375. The number of hydrogen-bond donors (Lipinski definition) is 1. The molecule has 4 bridgehead atoms. The third-order valence-corrected chi connectivity index (χ3v) is 6.50. The van der Waals surface area contributed by atoms with Crippen LogP contribution in [0.3, 0.4) is 0 Å². The highest BCUT2D eigenvalue weighted by atomic mass is 35.5. The third kappa shape index (κ3) is 2.30. The number of nitrogens with one attached hydrogen (secondary N) is 1. The summed E-state index contributed by atoms with van der Waals surface area (Å²) in [4.78, 5) is 12.8. The van der Waals surface area contributed by atoms with E-state index in [1.54, 1.807) is 0 Å². The first kappa shape index (κ1) is 13.7. The molecule has 1 unspecified atom stereocenters. The van der Waals surface area contributed by atoms with Crippen LogP contribution in [-0.2, 0) is 4.79 Å². The van der Waals surface area contributed by atoms with E-state index < -0.39 is 0 Å². The van der Waals surface area contributed by atoms with Crippen molar-refractivity contribution in [3.8, 4) is 0 Å². The number of carbonyl (C=O) groups excluding carboxylic acids is 1. The molecule has 0 heterocycles. The number of amides is 1. The van der Waals surface area contributed by atoms with Crippen LogP contribution < -0.4 is 5.32 Å². The Hall–Kier alpha value is -0.240. The second-order valence-corrected chi connectivity index (χ2v) is 8.64. The minimum atomic E-state index is -0.317. The van der Waals surface area contributed by atoms with Crippen LogP contribution in [0.1, 0.15) is 59.3 Å². The molecule has 4 aliphatic rings. The molecule has 4 aliphatic carbocycles. The molecular weight excluding hydrogens is 258 g/mol. The van der Waals surface area contributed by atoms with Crippen molar-refractivity contribution in [2.75, 3.05) is 0 Å². The summed E-state index contributed by atoms with van der Waals surface area (Å²) in [5, 5.41) is 3.19. The van der Waals surface area contributed by atoms with Crippen LogP contribution >= 0.6 is 11.6 Å². The summed E-state index contributed by atoms with van der Waals surface area (Å²) in [7, 11) is 0. The summed E-state index contributed by atoms with van der Waals surface area (Å²) >= 11 is 6.21. The predicted molar refractivity (Wildman–Crippen MR) is 78.1 cm³/mol. The first-order valence-electron chi connectivity index (χ1n) is 7.77. The zero-order valence-corrected chi connectivity index (χ0v) is 13.1. The van der Waals surface area contributed by atoms with Crippen LogP contribution in [0.4, 0.5) is 0 Å². The number of alkyl halides is 1. The number of hydrogen-bond acceptors (Lipinski definition) is 1. The molecule has 0 aromatic carbocycles. The van der Waals surface area contributed by atoms with E-state index in [2.05, 4.69) is 5.32 Å². The van der Waals surface area contributed by atoms with Crippen LogP contribution in [-0.4, -0.2) is 16.8 Å². The van der Waals surface area contributed by atoms with Gasteiger partial charge < -0.3 is 5.32 Å². The SMILES string of the molecule is CC(Cl)C(C)(C)NC(=O)C12CC3CC(CC(C3)C1)C2. The van der Waals surface area contributed by atoms with E-state index >= 15 is 0 Å². The second-order valence-electron chi connectivity index (χ2n) is 7.99. The maximum atomic E-state index is 12.8. The Morgan fingerprint density at radius 1 is 1.16 bits per heavy atom. The topological polar surface area (TPSA) is 29.1 Å². The molecule has 108 valence electrons. The molecule has 0 saturated heterocycles. The maximum Gasteiger partial charge on any atom is 0.226 e. The third-order valence-electron chi connectivity index (χ3n) is 5.95. The summed E-state index contributed by atoms with van der Waals surface area (Å²) in [6.07, 6.45) is 7.50. The highest BCUT2D eigenvalue weighted by Crippen LogP contribution is 2.60. The fourth-order valence-electron chi connectivity index (χ4n) is 4.91. The lowest BCUT2D eigenvalue weighted by Crippen LogP contribution is -2.59. The Bertz CT molecular complexity index is 353. The Kier molecular flexibility index (Phi) is 3.16. The van der Waals surface area contributed by atoms with Gasteiger partial charge in [-0.2, -0.15) is 0 Å². The largest absolute Gasteiger partial charge is 0.349 e. The van der Waals surface area contributed by atoms with Gasteiger partial charge in [0, 0.05) is 5.41 Å². The fourth-order valence-corrected chi connectivity index (χ4v) is 4.97.